The van der Waals surface area contributed by atoms with Crippen LogP contribution in [0.3, 0.4) is 0 Å². The van der Waals surface area contributed by atoms with Crippen LogP contribution in [0.25, 0.3) is 0 Å². The van der Waals surface area contributed by atoms with Gasteiger partial charge in [0.25, 0.3) is 0 Å². The van der Waals surface area contributed by atoms with E-state index in [1.165, 1.54) is 30.4 Å². The first-order chi connectivity index (χ1) is 9.28. The molecule has 102 valence electrons. The maximum absolute atomic E-state index is 12.7. The van der Waals surface area contributed by atoms with Gasteiger partial charge in [0.05, 0.1) is 0 Å². The molecule has 1 fully saturated rings. The number of carbonyl (C=O) groups is 1. The summed E-state index contributed by atoms with van der Waals surface area (Å²) in [6.07, 6.45) is 8.11. The van der Waals surface area contributed by atoms with Crippen LogP contribution < -0.4 is 0 Å². The lowest BCUT2D eigenvalue weighted by atomic mass is 9.75. The largest absolute Gasteiger partial charge is 0.299 e. The highest BCUT2D eigenvalue weighted by atomic mass is 16.1. The zero-order valence-electron chi connectivity index (χ0n) is 11.9. The number of hydrogen-bond donors (Lipinski definition) is 0. The summed E-state index contributed by atoms with van der Waals surface area (Å²) in [5, 5.41) is 0. The Morgan fingerprint density at radius 3 is 2.42 bits per heavy atom. The molecule has 0 heterocycles. The Balaban J connectivity index is 1.66. The van der Waals surface area contributed by atoms with Crippen LogP contribution in [0, 0.1) is 17.8 Å². The van der Waals surface area contributed by atoms with E-state index in [0.29, 0.717) is 11.7 Å². The van der Waals surface area contributed by atoms with Crippen LogP contribution in [-0.4, -0.2) is 5.78 Å². The number of carbonyl (C=O) groups excluding carboxylic acids is 1. The second-order valence-electron chi connectivity index (χ2n) is 6.41. The smallest absolute Gasteiger partial charge is 0.139 e. The first-order valence-electron chi connectivity index (χ1n) is 7.88. The predicted molar refractivity (Wildman–Crippen MR) is 78.1 cm³/mol. The van der Waals surface area contributed by atoms with Gasteiger partial charge in [0, 0.05) is 11.8 Å². The SMILES string of the molecule is CCC1CCCC(C(=O)C2Cc3ccccc3C2)C1. The summed E-state index contributed by atoms with van der Waals surface area (Å²) in [4.78, 5) is 12.7. The zero-order valence-corrected chi connectivity index (χ0v) is 11.9. The highest BCUT2D eigenvalue weighted by Crippen LogP contribution is 2.36. The molecule has 3 rings (SSSR count). The first kappa shape index (κ1) is 12.9. The molecule has 0 bridgehead atoms. The van der Waals surface area contributed by atoms with E-state index in [1.54, 1.807) is 0 Å². The molecule has 1 aromatic rings. The second-order valence-corrected chi connectivity index (χ2v) is 6.41. The fourth-order valence-electron chi connectivity index (χ4n) is 4.01. The first-order valence-corrected chi connectivity index (χ1v) is 7.88. The fourth-order valence-corrected chi connectivity index (χ4v) is 4.01. The number of fused-ring (bicyclic) bond motifs is 1. The highest BCUT2D eigenvalue weighted by Gasteiger charge is 2.34. The van der Waals surface area contributed by atoms with Crippen molar-refractivity contribution in [3.05, 3.63) is 35.4 Å². The number of benzene rings is 1. The van der Waals surface area contributed by atoms with E-state index in [0.717, 1.165) is 31.6 Å². The Morgan fingerprint density at radius 2 is 1.79 bits per heavy atom. The molecule has 1 saturated carbocycles. The normalized spacial score (nSPS) is 27.2. The van der Waals surface area contributed by atoms with Gasteiger partial charge in [-0.25, -0.2) is 0 Å². The van der Waals surface area contributed by atoms with Gasteiger partial charge in [-0.15, -0.1) is 0 Å². The van der Waals surface area contributed by atoms with Gasteiger partial charge in [-0.2, -0.15) is 0 Å². The van der Waals surface area contributed by atoms with Gasteiger partial charge in [0.15, 0.2) is 0 Å². The van der Waals surface area contributed by atoms with E-state index in [-0.39, 0.29) is 5.92 Å². The maximum atomic E-state index is 12.7. The van der Waals surface area contributed by atoms with Crippen LogP contribution in [0.2, 0.25) is 0 Å². The van der Waals surface area contributed by atoms with E-state index in [1.807, 2.05) is 0 Å². The van der Waals surface area contributed by atoms with Crippen LogP contribution >= 0.6 is 0 Å². The van der Waals surface area contributed by atoms with Gasteiger partial charge in [-0.3, -0.25) is 4.79 Å². The van der Waals surface area contributed by atoms with Crippen LogP contribution in [0.4, 0.5) is 0 Å². The third kappa shape index (κ3) is 2.61. The van der Waals surface area contributed by atoms with Crippen molar-refractivity contribution >= 4 is 5.78 Å². The van der Waals surface area contributed by atoms with Crippen molar-refractivity contribution in [2.75, 3.05) is 0 Å². The van der Waals surface area contributed by atoms with Crippen molar-refractivity contribution in [2.45, 2.75) is 51.9 Å². The van der Waals surface area contributed by atoms with Crippen molar-refractivity contribution in [3.8, 4) is 0 Å². The average molecular weight is 256 g/mol. The van der Waals surface area contributed by atoms with Gasteiger partial charge in [-0.1, -0.05) is 50.5 Å². The molecule has 1 nitrogen and oxygen atoms in total. The number of hydrogen-bond acceptors (Lipinski definition) is 1. The molecule has 0 saturated heterocycles. The molecule has 0 aromatic heterocycles. The quantitative estimate of drug-likeness (QED) is 0.792. The van der Waals surface area contributed by atoms with Crippen LogP contribution in [0.1, 0.15) is 50.2 Å². The minimum atomic E-state index is 0.276. The van der Waals surface area contributed by atoms with E-state index in [4.69, 9.17) is 0 Å². The van der Waals surface area contributed by atoms with E-state index < -0.39 is 0 Å². The Kier molecular flexibility index (Phi) is 3.72. The zero-order chi connectivity index (χ0) is 13.2. The van der Waals surface area contributed by atoms with E-state index >= 15 is 0 Å². The molecule has 2 aliphatic rings. The summed E-state index contributed by atoms with van der Waals surface area (Å²) in [7, 11) is 0. The Morgan fingerprint density at radius 1 is 1.11 bits per heavy atom. The van der Waals surface area contributed by atoms with Gasteiger partial charge in [0.2, 0.25) is 0 Å². The van der Waals surface area contributed by atoms with E-state index in [9.17, 15) is 4.79 Å². The Labute approximate surface area is 116 Å². The molecule has 0 N–H and O–H groups in total. The van der Waals surface area contributed by atoms with Gasteiger partial charge in [-0.05, 0) is 42.7 Å². The molecule has 0 radical (unpaired) electrons. The highest BCUT2D eigenvalue weighted by molar-refractivity contribution is 5.84. The Hall–Kier alpha value is -1.11. The number of ketones is 1. The predicted octanol–water partition coefficient (Wildman–Crippen LogP) is 4.19. The second kappa shape index (κ2) is 5.48. The lowest BCUT2D eigenvalue weighted by Crippen LogP contribution is -2.28. The lowest BCUT2D eigenvalue weighted by Gasteiger charge is -2.29. The molecular weight excluding hydrogens is 232 g/mol. The number of Topliss-reactive ketones (excluding diaryl/α,β-unsaturated/α-hetero) is 1. The third-order valence-corrected chi connectivity index (χ3v) is 5.22. The van der Waals surface area contributed by atoms with Gasteiger partial charge in [0.1, 0.15) is 5.78 Å². The van der Waals surface area contributed by atoms with Gasteiger partial charge < -0.3 is 0 Å². The minimum Gasteiger partial charge on any atom is -0.299 e. The molecule has 0 amide bonds. The maximum Gasteiger partial charge on any atom is 0.139 e. The monoisotopic (exact) mass is 256 g/mol. The molecule has 1 aromatic carbocycles. The standard InChI is InChI=1S/C18H24O/c1-2-13-6-5-9-16(10-13)18(19)17-11-14-7-3-4-8-15(14)12-17/h3-4,7-8,13,16-17H,2,5-6,9-12H2,1H3. The summed E-state index contributed by atoms with van der Waals surface area (Å²) >= 11 is 0. The number of rotatable bonds is 3. The third-order valence-electron chi connectivity index (χ3n) is 5.22. The summed E-state index contributed by atoms with van der Waals surface area (Å²) in [5.41, 5.74) is 2.81. The van der Waals surface area contributed by atoms with Crippen molar-refractivity contribution < 1.29 is 4.79 Å². The van der Waals surface area contributed by atoms with Crippen molar-refractivity contribution in [2.24, 2.45) is 17.8 Å². The molecule has 0 aliphatic heterocycles. The molecule has 19 heavy (non-hydrogen) atoms. The molecule has 2 unspecified atom stereocenters. The van der Waals surface area contributed by atoms with Crippen molar-refractivity contribution in [3.63, 3.8) is 0 Å². The lowest BCUT2D eigenvalue weighted by molar-refractivity contribution is -0.128. The summed E-state index contributed by atoms with van der Waals surface area (Å²) in [6.45, 7) is 2.27. The minimum absolute atomic E-state index is 0.276. The van der Waals surface area contributed by atoms with E-state index in [2.05, 4.69) is 31.2 Å². The fraction of sp³-hybridized carbons (Fsp3) is 0.611. The molecular formula is C18H24O. The average Bonchev–Trinajstić information content (AvgIpc) is 2.90. The van der Waals surface area contributed by atoms with Crippen LogP contribution in [0.5, 0.6) is 0 Å². The van der Waals surface area contributed by atoms with Crippen LogP contribution in [0.15, 0.2) is 24.3 Å². The molecule has 2 aliphatic carbocycles. The van der Waals surface area contributed by atoms with Crippen molar-refractivity contribution in [1.82, 2.24) is 0 Å². The molecule has 1 heteroatoms. The summed E-state index contributed by atoms with van der Waals surface area (Å²) < 4.78 is 0. The molecule has 0 spiro atoms. The molecule has 2 atom stereocenters. The van der Waals surface area contributed by atoms with Gasteiger partial charge >= 0.3 is 0 Å². The Bertz CT molecular complexity index is 438. The summed E-state index contributed by atoms with van der Waals surface area (Å²) in [6, 6.07) is 8.58. The summed E-state index contributed by atoms with van der Waals surface area (Å²) in [5.74, 6) is 2.00. The van der Waals surface area contributed by atoms with Crippen LogP contribution in [-0.2, 0) is 17.6 Å². The van der Waals surface area contributed by atoms with Crippen molar-refractivity contribution in [1.29, 1.82) is 0 Å². The topological polar surface area (TPSA) is 17.1 Å².